The smallest absolute Gasteiger partial charge is 0.203 e. The molecule has 0 aliphatic rings. The number of nitrogens with one attached hydrogen (secondary N) is 1. The third-order valence-electron chi connectivity index (χ3n) is 3.50. The van der Waals surface area contributed by atoms with Crippen molar-refractivity contribution >= 4 is 0 Å². The molecule has 21 heavy (non-hydrogen) atoms. The molecule has 1 aromatic carbocycles. The molecule has 0 saturated carbocycles. The Morgan fingerprint density at radius 3 is 2.29 bits per heavy atom. The van der Waals surface area contributed by atoms with Crippen LogP contribution in [0.4, 0.5) is 0 Å². The van der Waals surface area contributed by atoms with Gasteiger partial charge in [0.1, 0.15) is 0 Å². The molecule has 0 radical (unpaired) electrons. The second-order valence-electron chi connectivity index (χ2n) is 5.04. The molecule has 1 unspecified atom stereocenters. The lowest BCUT2D eigenvalue weighted by Gasteiger charge is -2.17. The topological polar surface area (TPSA) is 39.7 Å². The van der Waals surface area contributed by atoms with Crippen LogP contribution in [0.2, 0.25) is 0 Å². The van der Waals surface area contributed by atoms with Crippen LogP contribution in [-0.2, 0) is 0 Å². The SMILES string of the molecule is CCCNC(CC)CCCOc1c(OC)cccc1OC. The number of para-hydroxylation sites is 1. The van der Waals surface area contributed by atoms with E-state index in [1.165, 1.54) is 6.42 Å². The maximum atomic E-state index is 5.87. The minimum absolute atomic E-state index is 0.577. The summed E-state index contributed by atoms with van der Waals surface area (Å²) < 4.78 is 16.5. The number of hydrogen-bond donors (Lipinski definition) is 1. The highest BCUT2D eigenvalue weighted by Crippen LogP contribution is 2.36. The van der Waals surface area contributed by atoms with Crippen LogP contribution in [0.3, 0.4) is 0 Å². The Bertz CT molecular complexity index is 373. The van der Waals surface area contributed by atoms with E-state index in [-0.39, 0.29) is 0 Å². The van der Waals surface area contributed by atoms with Crippen molar-refractivity contribution in [3.63, 3.8) is 0 Å². The average Bonchev–Trinajstić information content (AvgIpc) is 2.53. The molecule has 0 spiro atoms. The van der Waals surface area contributed by atoms with Gasteiger partial charge < -0.3 is 19.5 Å². The van der Waals surface area contributed by atoms with Crippen molar-refractivity contribution in [3.05, 3.63) is 18.2 Å². The Morgan fingerprint density at radius 1 is 1.10 bits per heavy atom. The molecule has 1 N–H and O–H groups in total. The van der Waals surface area contributed by atoms with Crippen LogP contribution in [-0.4, -0.2) is 33.4 Å². The lowest BCUT2D eigenvalue weighted by molar-refractivity contribution is 0.262. The summed E-state index contributed by atoms with van der Waals surface area (Å²) in [7, 11) is 3.28. The fraction of sp³-hybridized carbons (Fsp3) is 0.647. The second-order valence-corrected chi connectivity index (χ2v) is 5.04. The van der Waals surface area contributed by atoms with Crippen molar-refractivity contribution in [2.24, 2.45) is 0 Å². The van der Waals surface area contributed by atoms with Gasteiger partial charge in [-0.15, -0.1) is 0 Å². The largest absolute Gasteiger partial charge is 0.493 e. The summed E-state index contributed by atoms with van der Waals surface area (Å²) in [5, 5.41) is 3.56. The van der Waals surface area contributed by atoms with Gasteiger partial charge in [0.15, 0.2) is 11.5 Å². The Kier molecular flexibility index (Phi) is 8.67. The van der Waals surface area contributed by atoms with Crippen molar-refractivity contribution in [1.29, 1.82) is 0 Å². The minimum Gasteiger partial charge on any atom is -0.493 e. The fourth-order valence-electron chi connectivity index (χ4n) is 2.26. The van der Waals surface area contributed by atoms with Crippen LogP contribution in [0.25, 0.3) is 0 Å². The zero-order valence-electron chi connectivity index (χ0n) is 13.8. The maximum absolute atomic E-state index is 5.87. The molecule has 0 aromatic heterocycles. The number of hydrogen-bond acceptors (Lipinski definition) is 4. The highest BCUT2D eigenvalue weighted by molar-refractivity contribution is 5.51. The molecule has 0 amide bonds. The lowest BCUT2D eigenvalue weighted by atomic mass is 10.1. The number of rotatable bonds is 11. The second kappa shape index (κ2) is 10.3. The van der Waals surface area contributed by atoms with Crippen LogP contribution >= 0.6 is 0 Å². The molecule has 0 fully saturated rings. The number of ether oxygens (including phenoxy) is 3. The van der Waals surface area contributed by atoms with Crippen LogP contribution in [0.5, 0.6) is 17.2 Å². The van der Waals surface area contributed by atoms with Crippen LogP contribution in [0, 0.1) is 0 Å². The van der Waals surface area contributed by atoms with Crippen molar-refractivity contribution in [3.8, 4) is 17.2 Å². The highest BCUT2D eigenvalue weighted by atomic mass is 16.5. The average molecular weight is 295 g/mol. The van der Waals surface area contributed by atoms with E-state index < -0.39 is 0 Å². The van der Waals surface area contributed by atoms with E-state index in [1.807, 2.05) is 18.2 Å². The molecule has 1 atom stereocenters. The van der Waals surface area contributed by atoms with Gasteiger partial charge in [-0.25, -0.2) is 0 Å². The van der Waals surface area contributed by atoms with Crippen molar-refractivity contribution < 1.29 is 14.2 Å². The zero-order chi connectivity index (χ0) is 15.5. The molecule has 1 aromatic rings. The molecule has 4 nitrogen and oxygen atoms in total. The van der Waals surface area contributed by atoms with Crippen molar-refractivity contribution in [2.75, 3.05) is 27.4 Å². The molecule has 0 saturated heterocycles. The highest BCUT2D eigenvalue weighted by Gasteiger charge is 2.11. The Balaban J connectivity index is 2.45. The van der Waals surface area contributed by atoms with Gasteiger partial charge in [0.2, 0.25) is 5.75 Å². The lowest BCUT2D eigenvalue weighted by Crippen LogP contribution is -2.29. The Labute approximate surface area is 128 Å². The van der Waals surface area contributed by atoms with Gasteiger partial charge in [-0.1, -0.05) is 19.9 Å². The Morgan fingerprint density at radius 2 is 1.76 bits per heavy atom. The van der Waals surface area contributed by atoms with Crippen LogP contribution in [0.15, 0.2) is 18.2 Å². The minimum atomic E-state index is 0.577. The van der Waals surface area contributed by atoms with Gasteiger partial charge in [0.25, 0.3) is 0 Å². The van der Waals surface area contributed by atoms with Gasteiger partial charge in [-0.3, -0.25) is 0 Å². The first kappa shape index (κ1) is 17.6. The number of methoxy groups -OCH3 is 2. The number of benzene rings is 1. The summed E-state index contributed by atoms with van der Waals surface area (Å²) in [6.07, 6.45) is 4.45. The summed E-state index contributed by atoms with van der Waals surface area (Å²) in [4.78, 5) is 0. The van der Waals surface area contributed by atoms with E-state index in [2.05, 4.69) is 19.2 Å². The van der Waals surface area contributed by atoms with E-state index in [0.717, 1.165) is 25.8 Å². The molecule has 4 heteroatoms. The van der Waals surface area contributed by atoms with Gasteiger partial charge in [-0.2, -0.15) is 0 Å². The molecule has 120 valence electrons. The van der Waals surface area contributed by atoms with E-state index >= 15 is 0 Å². The zero-order valence-corrected chi connectivity index (χ0v) is 13.8. The quantitative estimate of drug-likeness (QED) is 0.633. The summed E-state index contributed by atoms with van der Waals surface area (Å²) >= 11 is 0. The van der Waals surface area contributed by atoms with E-state index in [4.69, 9.17) is 14.2 Å². The molecule has 1 rings (SSSR count). The maximum Gasteiger partial charge on any atom is 0.203 e. The molecular weight excluding hydrogens is 266 g/mol. The first-order valence-corrected chi connectivity index (χ1v) is 7.83. The first-order chi connectivity index (χ1) is 10.3. The third-order valence-corrected chi connectivity index (χ3v) is 3.50. The van der Waals surface area contributed by atoms with Gasteiger partial charge in [0, 0.05) is 6.04 Å². The van der Waals surface area contributed by atoms with E-state index in [0.29, 0.717) is 29.9 Å². The van der Waals surface area contributed by atoms with Crippen molar-refractivity contribution in [2.45, 2.75) is 45.6 Å². The third kappa shape index (κ3) is 5.84. The van der Waals surface area contributed by atoms with Gasteiger partial charge in [-0.05, 0) is 44.4 Å². The first-order valence-electron chi connectivity index (χ1n) is 7.83. The summed E-state index contributed by atoms with van der Waals surface area (Å²) in [5.41, 5.74) is 0. The standard InChI is InChI=1S/C17H29NO3/c1-5-12-18-14(6-2)9-8-13-21-17-15(19-3)10-7-11-16(17)20-4/h7,10-11,14,18H,5-6,8-9,12-13H2,1-4H3. The molecular formula is C17H29NO3. The van der Waals surface area contributed by atoms with Gasteiger partial charge >= 0.3 is 0 Å². The molecule has 0 bridgehead atoms. The predicted molar refractivity (Wildman–Crippen MR) is 86.6 cm³/mol. The predicted octanol–water partition coefficient (Wildman–Crippen LogP) is 3.64. The summed E-state index contributed by atoms with van der Waals surface area (Å²) in [5.74, 6) is 2.12. The van der Waals surface area contributed by atoms with E-state index in [9.17, 15) is 0 Å². The van der Waals surface area contributed by atoms with Crippen LogP contribution in [0.1, 0.15) is 39.5 Å². The van der Waals surface area contributed by atoms with Crippen LogP contribution < -0.4 is 19.5 Å². The van der Waals surface area contributed by atoms with Crippen molar-refractivity contribution in [1.82, 2.24) is 5.32 Å². The normalized spacial score (nSPS) is 12.0. The summed E-state index contributed by atoms with van der Waals surface area (Å²) in [6, 6.07) is 6.24. The fourth-order valence-corrected chi connectivity index (χ4v) is 2.26. The summed E-state index contributed by atoms with van der Waals surface area (Å²) in [6.45, 7) is 6.16. The molecule has 0 heterocycles. The Hall–Kier alpha value is -1.42. The monoisotopic (exact) mass is 295 g/mol. The molecule has 0 aliphatic carbocycles. The van der Waals surface area contributed by atoms with E-state index in [1.54, 1.807) is 14.2 Å². The van der Waals surface area contributed by atoms with Gasteiger partial charge in [0.05, 0.1) is 20.8 Å². The molecule has 0 aliphatic heterocycles.